The van der Waals surface area contributed by atoms with Crippen molar-refractivity contribution in [1.29, 1.82) is 0 Å². The van der Waals surface area contributed by atoms with Crippen LogP contribution in [0.25, 0.3) is 99.5 Å². The fraction of sp³-hybridized carbons (Fsp3) is 0.0164. The second-order valence-corrected chi connectivity index (χ2v) is 16.9. The van der Waals surface area contributed by atoms with Crippen molar-refractivity contribution in [3.05, 3.63) is 253 Å². The van der Waals surface area contributed by atoms with Gasteiger partial charge in [0.25, 0.3) is 0 Å². The zero-order chi connectivity index (χ0) is 42.9. The number of nitrogens with zero attached hydrogens (tertiary/aromatic N) is 4. The molecule has 0 atom stereocenters. The Morgan fingerprint density at radius 1 is 0.277 bits per heavy atom. The summed E-state index contributed by atoms with van der Waals surface area (Å²) in [6.45, 7) is 0. The Morgan fingerprint density at radius 2 is 0.723 bits per heavy atom. The van der Waals surface area contributed by atoms with E-state index in [0.717, 1.165) is 88.4 Å². The molecule has 0 radical (unpaired) electrons. The molecule has 8 aromatic carbocycles. The van der Waals surface area contributed by atoms with Crippen LogP contribution in [-0.2, 0) is 5.41 Å². The average Bonchev–Trinajstić information content (AvgIpc) is 3.69. The number of pyridine rings is 4. The van der Waals surface area contributed by atoms with Crippen molar-refractivity contribution in [2.45, 2.75) is 5.41 Å². The van der Waals surface area contributed by atoms with Crippen molar-refractivity contribution >= 4 is 43.6 Å². The van der Waals surface area contributed by atoms with Gasteiger partial charge in [-0.2, -0.15) is 0 Å². The summed E-state index contributed by atoms with van der Waals surface area (Å²) in [5, 5.41) is 4.32. The van der Waals surface area contributed by atoms with Crippen LogP contribution in [-0.4, -0.2) is 19.9 Å². The Kier molecular flexibility index (Phi) is 8.40. The highest BCUT2D eigenvalue weighted by molar-refractivity contribution is 6.04. The van der Waals surface area contributed by atoms with Crippen LogP contribution in [0.4, 0.5) is 0 Å². The van der Waals surface area contributed by atoms with Gasteiger partial charge in [0.1, 0.15) is 0 Å². The predicted octanol–water partition coefficient (Wildman–Crippen LogP) is 14.9. The van der Waals surface area contributed by atoms with Crippen molar-refractivity contribution in [3.63, 3.8) is 0 Å². The van der Waals surface area contributed by atoms with E-state index in [4.69, 9.17) is 19.9 Å². The van der Waals surface area contributed by atoms with Crippen LogP contribution in [0.2, 0.25) is 0 Å². The van der Waals surface area contributed by atoms with Crippen LogP contribution >= 0.6 is 0 Å². The van der Waals surface area contributed by atoms with Gasteiger partial charge >= 0.3 is 0 Å². The minimum Gasteiger partial charge on any atom is -0.254 e. The van der Waals surface area contributed by atoms with Gasteiger partial charge in [0.2, 0.25) is 0 Å². The van der Waals surface area contributed by atoms with E-state index in [9.17, 15) is 0 Å². The minimum atomic E-state index is -0.606. The van der Waals surface area contributed by atoms with Crippen LogP contribution in [0, 0.1) is 0 Å². The third-order valence-electron chi connectivity index (χ3n) is 13.4. The molecule has 4 nitrogen and oxygen atoms in total. The molecule has 0 aliphatic heterocycles. The van der Waals surface area contributed by atoms with E-state index in [2.05, 4.69) is 206 Å². The molecule has 0 bridgehead atoms. The summed E-state index contributed by atoms with van der Waals surface area (Å²) in [4.78, 5) is 20.0. The second kappa shape index (κ2) is 14.8. The SMILES string of the molecule is c1cc(-c2cccc(C3(c4cccc(-c5ccccc5-c5ccc6ccc7cccnc7c6n5)c4)c4ccccc4-c4ccccc43)c2)cc(-c2ccc3ccc4cccnc4c3n2)c1. The molecule has 0 fully saturated rings. The maximum Gasteiger partial charge on any atom is 0.0972 e. The van der Waals surface area contributed by atoms with Gasteiger partial charge in [-0.15, -0.1) is 0 Å². The molecular weight excluding hydrogens is 789 g/mol. The van der Waals surface area contributed by atoms with Crippen molar-refractivity contribution in [2.24, 2.45) is 0 Å². The number of rotatable bonds is 6. The number of fused-ring (bicyclic) bond motifs is 9. The zero-order valence-electron chi connectivity index (χ0n) is 35.2. The summed E-state index contributed by atoms with van der Waals surface area (Å²) in [5.74, 6) is 0. The number of hydrogen-bond donors (Lipinski definition) is 0. The standard InChI is InChI=1S/C61H38N4/c1-2-23-52(56-33-31-42-29-27-40-17-11-35-63-58(40)60(42)65-56)49(20-1)45-14-9-19-48(38-45)61(53-24-5-3-21-50(53)51-22-4-6-25-54(51)61)47-18-8-13-44(37-47)43-12-7-15-46(36-43)55-32-30-41-28-26-39-16-10-34-62-57(39)59(41)64-55/h1-38H. The molecule has 4 aromatic heterocycles. The summed E-state index contributed by atoms with van der Waals surface area (Å²) in [6.07, 6.45) is 3.69. The predicted molar refractivity (Wildman–Crippen MR) is 267 cm³/mol. The maximum absolute atomic E-state index is 5.30. The van der Waals surface area contributed by atoms with Gasteiger partial charge in [0.15, 0.2) is 0 Å². The lowest BCUT2D eigenvalue weighted by molar-refractivity contribution is 0.769. The maximum atomic E-state index is 5.30. The van der Waals surface area contributed by atoms with Gasteiger partial charge < -0.3 is 0 Å². The zero-order valence-corrected chi connectivity index (χ0v) is 35.2. The summed E-state index contributed by atoms with van der Waals surface area (Å²) >= 11 is 0. The Labute approximate surface area is 376 Å². The number of aromatic nitrogens is 4. The molecule has 302 valence electrons. The molecule has 1 aliphatic rings. The van der Waals surface area contributed by atoms with Crippen LogP contribution < -0.4 is 0 Å². The summed E-state index contributed by atoms with van der Waals surface area (Å²) in [7, 11) is 0. The first-order chi connectivity index (χ1) is 32.2. The first-order valence-corrected chi connectivity index (χ1v) is 22.1. The van der Waals surface area contributed by atoms with Crippen LogP contribution in [0.3, 0.4) is 0 Å². The van der Waals surface area contributed by atoms with Gasteiger partial charge in [0, 0.05) is 45.1 Å². The molecule has 4 heterocycles. The van der Waals surface area contributed by atoms with E-state index in [0.29, 0.717) is 0 Å². The monoisotopic (exact) mass is 826 g/mol. The quantitative estimate of drug-likeness (QED) is 0.157. The van der Waals surface area contributed by atoms with Crippen molar-refractivity contribution < 1.29 is 0 Å². The first kappa shape index (κ1) is 37.0. The third kappa shape index (κ3) is 5.85. The van der Waals surface area contributed by atoms with Gasteiger partial charge in [0.05, 0.1) is 38.9 Å². The van der Waals surface area contributed by atoms with E-state index >= 15 is 0 Å². The molecule has 0 unspecified atom stereocenters. The molecule has 13 rings (SSSR count). The topological polar surface area (TPSA) is 51.6 Å². The van der Waals surface area contributed by atoms with Crippen molar-refractivity contribution in [1.82, 2.24) is 19.9 Å². The molecule has 1 aliphatic carbocycles. The van der Waals surface area contributed by atoms with Gasteiger partial charge in [-0.3, -0.25) is 9.97 Å². The number of benzene rings is 8. The van der Waals surface area contributed by atoms with E-state index in [1.54, 1.807) is 0 Å². The molecule has 65 heavy (non-hydrogen) atoms. The van der Waals surface area contributed by atoms with Crippen LogP contribution in [0.1, 0.15) is 22.3 Å². The molecular formula is C61H38N4. The van der Waals surface area contributed by atoms with E-state index < -0.39 is 5.41 Å². The first-order valence-electron chi connectivity index (χ1n) is 22.1. The average molecular weight is 827 g/mol. The fourth-order valence-corrected chi connectivity index (χ4v) is 10.5. The summed E-state index contributed by atoms with van der Waals surface area (Å²) in [5.41, 5.74) is 19.0. The lowest BCUT2D eigenvalue weighted by Gasteiger charge is -2.34. The Balaban J connectivity index is 0.971. The lowest BCUT2D eigenvalue weighted by Crippen LogP contribution is -2.28. The lowest BCUT2D eigenvalue weighted by atomic mass is 9.67. The highest BCUT2D eigenvalue weighted by atomic mass is 14.8. The Bertz CT molecular complexity index is 3820. The highest BCUT2D eigenvalue weighted by Crippen LogP contribution is 2.57. The molecule has 0 saturated carbocycles. The third-order valence-corrected chi connectivity index (χ3v) is 13.4. The Morgan fingerprint density at radius 3 is 1.35 bits per heavy atom. The fourth-order valence-electron chi connectivity index (χ4n) is 10.5. The minimum absolute atomic E-state index is 0.606. The Hall–Kier alpha value is -8.60. The van der Waals surface area contributed by atoms with Gasteiger partial charge in [-0.1, -0.05) is 176 Å². The van der Waals surface area contributed by atoms with Crippen molar-refractivity contribution in [2.75, 3.05) is 0 Å². The van der Waals surface area contributed by atoms with Crippen LogP contribution in [0.5, 0.6) is 0 Å². The molecule has 12 aromatic rings. The second-order valence-electron chi connectivity index (χ2n) is 16.9. The highest BCUT2D eigenvalue weighted by Gasteiger charge is 2.46. The molecule has 4 heteroatoms. The van der Waals surface area contributed by atoms with Crippen LogP contribution in [0.15, 0.2) is 231 Å². The summed E-state index contributed by atoms with van der Waals surface area (Å²) in [6, 6.07) is 78.9. The largest absolute Gasteiger partial charge is 0.254 e. The van der Waals surface area contributed by atoms with E-state index in [1.807, 2.05) is 24.5 Å². The molecule has 0 N–H and O–H groups in total. The molecule has 0 amide bonds. The normalized spacial score (nSPS) is 12.7. The molecule has 0 spiro atoms. The smallest absolute Gasteiger partial charge is 0.0972 e. The van der Waals surface area contributed by atoms with E-state index in [-0.39, 0.29) is 0 Å². The number of hydrogen-bond acceptors (Lipinski definition) is 4. The van der Waals surface area contributed by atoms with E-state index in [1.165, 1.54) is 33.4 Å². The summed E-state index contributed by atoms with van der Waals surface area (Å²) < 4.78 is 0. The van der Waals surface area contributed by atoms with Crippen molar-refractivity contribution in [3.8, 4) is 55.9 Å². The van der Waals surface area contributed by atoms with Gasteiger partial charge in [-0.25, -0.2) is 9.97 Å². The van der Waals surface area contributed by atoms with Gasteiger partial charge in [-0.05, 0) is 98.1 Å². The molecule has 0 saturated heterocycles.